The van der Waals surface area contributed by atoms with Crippen LogP contribution in [-0.2, 0) is 22.6 Å². The number of hydrogen-bond acceptors (Lipinski definition) is 2. The van der Waals surface area contributed by atoms with Gasteiger partial charge in [-0.2, -0.15) is 13.2 Å². The summed E-state index contributed by atoms with van der Waals surface area (Å²) >= 11 is 0. The van der Waals surface area contributed by atoms with E-state index >= 15 is 0 Å². The van der Waals surface area contributed by atoms with Crippen LogP contribution in [0.2, 0.25) is 0 Å². The lowest BCUT2D eigenvalue weighted by atomic mass is 10.1. The third kappa shape index (κ3) is 5.58. The number of carbonyl (C=O) groups is 2. The summed E-state index contributed by atoms with van der Waals surface area (Å²) in [6, 6.07) is 12.2. The van der Waals surface area contributed by atoms with E-state index in [0.717, 1.165) is 0 Å². The van der Waals surface area contributed by atoms with E-state index in [0.29, 0.717) is 11.1 Å². The zero-order valence-corrected chi connectivity index (χ0v) is 13.6. The van der Waals surface area contributed by atoms with E-state index in [2.05, 4.69) is 5.32 Å². The molecule has 2 aromatic carbocycles. The minimum Gasteiger partial charge on any atom is -0.344 e. The molecule has 2 amide bonds. The minimum atomic E-state index is -4.97. The molecule has 0 saturated carbocycles. The number of halogens is 4. The van der Waals surface area contributed by atoms with Crippen molar-refractivity contribution in [1.29, 1.82) is 0 Å². The third-order valence-electron chi connectivity index (χ3n) is 3.57. The van der Waals surface area contributed by atoms with Gasteiger partial charge >= 0.3 is 12.1 Å². The Morgan fingerprint density at radius 1 is 0.923 bits per heavy atom. The maximum Gasteiger partial charge on any atom is 0.471 e. The lowest BCUT2D eigenvalue weighted by Crippen LogP contribution is -2.36. The maximum absolute atomic E-state index is 13.5. The Morgan fingerprint density at radius 2 is 1.54 bits per heavy atom. The second-order valence-electron chi connectivity index (χ2n) is 5.48. The highest BCUT2D eigenvalue weighted by Gasteiger charge is 2.38. The SMILES string of the molecule is O=C(CCc1ccccc1F)Nc1ccccc1CNC(=O)C(F)(F)F. The molecule has 2 aromatic rings. The first-order chi connectivity index (χ1) is 12.3. The number of amides is 2. The fourth-order valence-electron chi connectivity index (χ4n) is 2.23. The van der Waals surface area contributed by atoms with Crippen molar-refractivity contribution in [3.63, 3.8) is 0 Å². The van der Waals surface area contributed by atoms with Gasteiger partial charge in [0.05, 0.1) is 0 Å². The van der Waals surface area contributed by atoms with Crippen LogP contribution in [0.5, 0.6) is 0 Å². The molecular weight excluding hydrogens is 352 g/mol. The summed E-state index contributed by atoms with van der Waals surface area (Å²) in [5.41, 5.74) is 1.01. The molecular formula is C18H16F4N2O2. The number of para-hydroxylation sites is 1. The summed E-state index contributed by atoms with van der Waals surface area (Å²) in [6.45, 7) is -0.387. The van der Waals surface area contributed by atoms with E-state index < -0.39 is 23.8 Å². The molecule has 0 spiro atoms. The molecule has 2 rings (SSSR count). The number of aryl methyl sites for hydroxylation is 1. The van der Waals surface area contributed by atoms with E-state index in [4.69, 9.17) is 0 Å². The largest absolute Gasteiger partial charge is 0.471 e. The van der Waals surface area contributed by atoms with Crippen LogP contribution >= 0.6 is 0 Å². The van der Waals surface area contributed by atoms with E-state index in [1.54, 1.807) is 35.6 Å². The lowest BCUT2D eigenvalue weighted by Gasteiger charge is -2.13. The van der Waals surface area contributed by atoms with Gasteiger partial charge in [-0.1, -0.05) is 36.4 Å². The monoisotopic (exact) mass is 368 g/mol. The van der Waals surface area contributed by atoms with Crippen molar-refractivity contribution in [2.75, 3.05) is 5.32 Å². The molecule has 8 heteroatoms. The molecule has 0 unspecified atom stereocenters. The molecule has 0 aliphatic rings. The number of rotatable bonds is 6. The lowest BCUT2D eigenvalue weighted by molar-refractivity contribution is -0.173. The number of anilines is 1. The van der Waals surface area contributed by atoms with Gasteiger partial charge in [-0.05, 0) is 29.7 Å². The Bertz CT molecular complexity index is 791. The predicted molar refractivity (Wildman–Crippen MR) is 87.7 cm³/mol. The average Bonchev–Trinajstić information content (AvgIpc) is 2.59. The number of alkyl halides is 3. The van der Waals surface area contributed by atoms with Crippen molar-refractivity contribution in [2.45, 2.75) is 25.6 Å². The fraction of sp³-hybridized carbons (Fsp3) is 0.222. The van der Waals surface area contributed by atoms with Gasteiger partial charge in [0.15, 0.2) is 0 Å². The predicted octanol–water partition coefficient (Wildman–Crippen LogP) is 3.58. The molecule has 138 valence electrons. The zero-order chi connectivity index (χ0) is 19.2. The molecule has 0 aliphatic carbocycles. The van der Waals surface area contributed by atoms with Crippen molar-refractivity contribution >= 4 is 17.5 Å². The highest BCUT2D eigenvalue weighted by molar-refractivity contribution is 5.91. The van der Waals surface area contributed by atoms with Gasteiger partial charge in [-0.3, -0.25) is 9.59 Å². The van der Waals surface area contributed by atoms with Gasteiger partial charge in [0, 0.05) is 18.7 Å². The summed E-state index contributed by atoms with van der Waals surface area (Å²) < 4.78 is 50.3. The Hall–Kier alpha value is -2.90. The Labute approximate surface area is 147 Å². The molecule has 0 bridgehead atoms. The van der Waals surface area contributed by atoms with E-state index in [1.165, 1.54) is 18.2 Å². The maximum atomic E-state index is 13.5. The van der Waals surface area contributed by atoms with Gasteiger partial charge < -0.3 is 10.6 Å². The fourth-order valence-corrected chi connectivity index (χ4v) is 2.23. The van der Waals surface area contributed by atoms with Crippen molar-refractivity contribution in [3.05, 3.63) is 65.5 Å². The third-order valence-corrected chi connectivity index (χ3v) is 3.57. The van der Waals surface area contributed by atoms with Gasteiger partial charge in [0.2, 0.25) is 5.91 Å². The second kappa shape index (κ2) is 8.46. The van der Waals surface area contributed by atoms with Crippen LogP contribution in [0.3, 0.4) is 0 Å². The highest BCUT2D eigenvalue weighted by Crippen LogP contribution is 2.18. The van der Waals surface area contributed by atoms with E-state index in [9.17, 15) is 27.2 Å². The van der Waals surface area contributed by atoms with Crippen LogP contribution in [0, 0.1) is 5.82 Å². The molecule has 0 atom stereocenters. The standard InChI is InChI=1S/C18H16F4N2O2/c19-14-7-3-1-5-12(14)9-10-16(25)24-15-8-4-2-6-13(15)11-23-17(26)18(20,21)22/h1-8H,9-11H2,(H,23,26)(H,24,25). The number of nitrogens with one attached hydrogen (secondary N) is 2. The highest BCUT2D eigenvalue weighted by atomic mass is 19.4. The first kappa shape index (κ1) is 19.4. The van der Waals surface area contributed by atoms with E-state index in [-0.39, 0.29) is 25.1 Å². The number of carbonyl (C=O) groups excluding carboxylic acids is 2. The molecule has 0 fully saturated rings. The summed E-state index contributed by atoms with van der Waals surface area (Å²) in [5, 5.41) is 4.32. The molecule has 0 aromatic heterocycles. The van der Waals surface area contributed by atoms with Crippen LogP contribution in [-0.4, -0.2) is 18.0 Å². The van der Waals surface area contributed by atoms with Crippen LogP contribution < -0.4 is 10.6 Å². The second-order valence-corrected chi connectivity index (χ2v) is 5.48. The van der Waals surface area contributed by atoms with Crippen LogP contribution in [0.4, 0.5) is 23.2 Å². The summed E-state index contributed by atoms with van der Waals surface area (Å²) in [7, 11) is 0. The average molecular weight is 368 g/mol. The van der Waals surface area contributed by atoms with Gasteiger partial charge in [0.1, 0.15) is 5.82 Å². The topological polar surface area (TPSA) is 58.2 Å². The molecule has 0 radical (unpaired) electrons. The summed E-state index contributed by atoms with van der Waals surface area (Å²) in [4.78, 5) is 22.9. The molecule has 2 N–H and O–H groups in total. The van der Waals surface area contributed by atoms with Crippen molar-refractivity contribution < 1.29 is 27.2 Å². The quantitative estimate of drug-likeness (QED) is 0.766. The Balaban J connectivity index is 1.95. The van der Waals surface area contributed by atoms with Crippen LogP contribution in [0.25, 0.3) is 0 Å². The summed E-state index contributed by atoms with van der Waals surface area (Å²) in [6.07, 6.45) is -4.78. The van der Waals surface area contributed by atoms with E-state index in [1.807, 2.05) is 0 Å². The first-order valence-corrected chi connectivity index (χ1v) is 7.73. The molecule has 26 heavy (non-hydrogen) atoms. The number of hydrogen-bond donors (Lipinski definition) is 2. The Kier molecular flexibility index (Phi) is 6.32. The Morgan fingerprint density at radius 3 is 2.19 bits per heavy atom. The van der Waals surface area contributed by atoms with Crippen molar-refractivity contribution in [1.82, 2.24) is 5.32 Å². The van der Waals surface area contributed by atoms with Crippen LogP contribution in [0.15, 0.2) is 48.5 Å². The molecule has 4 nitrogen and oxygen atoms in total. The van der Waals surface area contributed by atoms with Crippen LogP contribution in [0.1, 0.15) is 17.5 Å². The zero-order valence-electron chi connectivity index (χ0n) is 13.6. The van der Waals surface area contributed by atoms with Gasteiger partial charge in [-0.15, -0.1) is 0 Å². The van der Waals surface area contributed by atoms with Gasteiger partial charge in [0.25, 0.3) is 0 Å². The molecule has 0 aliphatic heterocycles. The molecule has 0 saturated heterocycles. The first-order valence-electron chi connectivity index (χ1n) is 7.73. The van der Waals surface area contributed by atoms with Crippen molar-refractivity contribution in [2.24, 2.45) is 0 Å². The summed E-state index contributed by atoms with van der Waals surface area (Å²) in [5.74, 6) is -2.88. The minimum absolute atomic E-state index is 0.00414. The molecule has 0 heterocycles. The number of benzene rings is 2. The smallest absolute Gasteiger partial charge is 0.344 e. The normalized spacial score (nSPS) is 11.1. The van der Waals surface area contributed by atoms with Gasteiger partial charge in [-0.25, -0.2) is 4.39 Å². The van der Waals surface area contributed by atoms with Crippen molar-refractivity contribution in [3.8, 4) is 0 Å².